The van der Waals surface area contributed by atoms with Crippen LogP contribution in [0, 0.1) is 12.3 Å². The summed E-state index contributed by atoms with van der Waals surface area (Å²) >= 11 is 0. The summed E-state index contributed by atoms with van der Waals surface area (Å²) in [4.78, 5) is 0. The molecule has 0 spiro atoms. The molecule has 154 valence electrons. The van der Waals surface area contributed by atoms with Gasteiger partial charge in [-0.15, -0.1) is 6.42 Å². The molecule has 2 aromatic rings. The standard InChI is InChI=1S/C28H36O/c1-3-5-6-7-8-9-10-11-12-13-24-29-28-22-20-27(21-23-28)19-18-26-16-14-25(4-2)15-17-26/h2,14-23H,3,5-13,24H2,1H3/b19-18+. The van der Waals surface area contributed by atoms with Crippen molar-refractivity contribution in [2.75, 3.05) is 6.61 Å². The number of terminal acetylenes is 1. The Hall–Kier alpha value is -2.46. The van der Waals surface area contributed by atoms with E-state index in [1.165, 1.54) is 57.8 Å². The van der Waals surface area contributed by atoms with Gasteiger partial charge in [-0.05, 0) is 41.8 Å². The van der Waals surface area contributed by atoms with Crippen molar-refractivity contribution in [3.8, 4) is 18.1 Å². The first-order valence-electron chi connectivity index (χ1n) is 11.3. The maximum atomic E-state index is 5.88. The first-order valence-corrected chi connectivity index (χ1v) is 11.3. The van der Waals surface area contributed by atoms with Gasteiger partial charge in [-0.1, -0.05) is 107 Å². The molecule has 0 amide bonds. The van der Waals surface area contributed by atoms with E-state index in [2.05, 4.69) is 49.3 Å². The van der Waals surface area contributed by atoms with Crippen molar-refractivity contribution in [2.45, 2.75) is 71.1 Å². The minimum absolute atomic E-state index is 0.813. The van der Waals surface area contributed by atoms with Gasteiger partial charge in [-0.25, -0.2) is 0 Å². The predicted molar refractivity (Wildman–Crippen MR) is 127 cm³/mol. The molecule has 0 fully saturated rings. The van der Waals surface area contributed by atoms with Crippen LogP contribution in [0.1, 0.15) is 87.8 Å². The highest BCUT2D eigenvalue weighted by Crippen LogP contribution is 2.16. The van der Waals surface area contributed by atoms with Gasteiger partial charge >= 0.3 is 0 Å². The van der Waals surface area contributed by atoms with Crippen molar-refractivity contribution in [3.05, 3.63) is 65.2 Å². The monoisotopic (exact) mass is 388 g/mol. The van der Waals surface area contributed by atoms with Gasteiger partial charge in [0, 0.05) is 5.56 Å². The Balaban J connectivity index is 1.57. The molecule has 29 heavy (non-hydrogen) atoms. The molecule has 0 aliphatic heterocycles. The van der Waals surface area contributed by atoms with Crippen molar-refractivity contribution < 1.29 is 4.74 Å². The number of unbranched alkanes of at least 4 members (excludes halogenated alkanes) is 9. The van der Waals surface area contributed by atoms with E-state index < -0.39 is 0 Å². The topological polar surface area (TPSA) is 9.23 Å². The van der Waals surface area contributed by atoms with Crippen LogP contribution in [0.5, 0.6) is 5.75 Å². The molecule has 2 rings (SSSR count). The maximum Gasteiger partial charge on any atom is 0.119 e. The highest BCUT2D eigenvalue weighted by molar-refractivity contribution is 5.70. The average molecular weight is 389 g/mol. The highest BCUT2D eigenvalue weighted by Gasteiger charge is 1.96. The molecule has 0 aliphatic carbocycles. The van der Waals surface area contributed by atoms with Gasteiger partial charge in [0.05, 0.1) is 6.61 Å². The molecule has 0 heterocycles. The third-order valence-corrected chi connectivity index (χ3v) is 5.19. The lowest BCUT2D eigenvalue weighted by Crippen LogP contribution is -1.97. The second-order valence-corrected chi connectivity index (χ2v) is 7.70. The molecule has 0 saturated heterocycles. The summed E-state index contributed by atoms with van der Waals surface area (Å²) in [6.07, 6.45) is 23.1. The molecule has 0 N–H and O–H groups in total. The predicted octanol–water partition coefficient (Wildman–Crippen LogP) is 8.14. The molecule has 0 bridgehead atoms. The van der Waals surface area contributed by atoms with Crippen molar-refractivity contribution in [1.29, 1.82) is 0 Å². The van der Waals surface area contributed by atoms with Gasteiger partial charge in [-0.2, -0.15) is 0 Å². The molecule has 0 aromatic heterocycles. The third kappa shape index (κ3) is 10.0. The lowest BCUT2D eigenvalue weighted by molar-refractivity contribution is 0.304. The second-order valence-electron chi connectivity index (χ2n) is 7.70. The van der Waals surface area contributed by atoms with E-state index in [0.717, 1.165) is 35.5 Å². The van der Waals surface area contributed by atoms with Gasteiger partial charge < -0.3 is 4.74 Å². The van der Waals surface area contributed by atoms with Crippen LogP contribution in [0.3, 0.4) is 0 Å². The Bertz CT molecular complexity index is 731. The number of hydrogen-bond acceptors (Lipinski definition) is 1. The third-order valence-electron chi connectivity index (χ3n) is 5.19. The molecule has 0 saturated carbocycles. The second kappa shape index (κ2) is 14.5. The van der Waals surface area contributed by atoms with E-state index in [1.54, 1.807) is 0 Å². The number of benzene rings is 2. The van der Waals surface area contributed by atoms with E-state index in [9.17, 15) is 0 Å². The summed E-state index contributed by atoms with van der Waals surface area (Å²) < 4.78 is 5.88. The zero-order valence-electron chi connectivity index (χ0n) is 18.0. The molecule has 0 aliphatic rings. The summed E-state index contributed by atoms with van der Waals surface area (Å²) in [5, 5.41) is 0. The van der Waals surface area contributed by atoms with Crippen LogP contribution in [0.2, 0.25) is 0 Å². The van der Waals surface area contributed by atoms with Crippen LogP contribution in [-0.2, 0) is 0 Å². The molecule has 1 heteroatoms. The quantitative estimate of drug-likeness (QED) is 0.180. The molecule has 0 atom stereocenters. The zero-order chi connectivity index (χ0) is 20.6. The van der Waals surface area contributed by atoms with Crippen LogP contribution in [0.25, 0.3) is 12.2 Å². The Labute approximate surface area is 178 Å². The van der Waals surface area contributed by atoms with Gasteiger partial charge in [-0.3, -0.25) is 0 Å². The van der Waals surface area contributed by atoms with E-state index in [0.29, 0.717) is 0 Å². The minimum atomic E-state index is 0.813. The average Bonchev–Trinajstić information content (AvgIpc) is 2.77. The van der Waals surface area contributed by atoms with E-state index in [-0.39, 0.29) is 0 Å². The maximum absolute atomic E-state index is 5.88. The summed E-state index contributed by atoms with van der Waals surface area (Å²) in [7, 11) is 0. The summed E-state index contributed by atoms with van der Waals surface area (Å²) in [5.74, 6) is 3.59. The van der Waals surface area contributed by atoms with Crippen molar-refractivity contribution in [2.24, 2.45) is 0 Å². The number of hydrogen-bond donors (Lipinski definition) is 0. The van der Waals surface area contributed by atoms with Gasteiger partial charge in [0.1, 0.15) is 5.75 Å². The van der Waals surface area contributed by atoms with Crippen LogP contribution in [0.15, 0.2) is 48.5 Å². The summed E-state index contributed by atoms with van der Waals surface area (Å²) in [6, 6.07) is 16.3. The summed E-state index contributed by atoms with van der Waals surface area (Å²) in [6.45, 7) is 3.09. The normalized spacial score (nSPS) is 10.9. The molecule has 1 nitrogen and oxygen atoms in total. The Morgan fingerprint density at radius 3 is 1.69 bits per heavy atom. The highest BCUT2D eigenvalue weighted by atomic mass is 16.5. The van der Waals surface area contributed by atoms with E-state index >= 15 is 0 Å². The minimum Gasteiger partial charge on any atom is -0.494 e. The van der Waals surface area contributed by atoms with Crippen LogP contribution >= 0.6 is 0 Å². The van der Waals surface area contributed by atoms with Crippen LogP contribution in [0.4, 0.5) is 0 Å². The fourth-order valence-corrected chi connectivity index (χ4v) is 3.34. The first kappa shape index (κ1) is 22.8. The fourth-order valence-electron chi connectivity index (χ4n) is 3.34. The largest absolute Gasteiger partial charge is 0.494 e. The summed E-state index contributed by atoms with van der Waals surface area (Å²) in [5.41, 5.74) is 3.22. The SMILES string of the molecule is C#Cc1ccc(/C=C/c2ccc(OCCCCCCCCCCCC)cc2)cc1. The van der Waals surface area contributed by atoms with Crippen molar-refractivity contribution in [3.63, 3.8) is 0 Å². The number of ether oxygens (including phenoxy) is 1. The molecule has 0 radical (unpaired) electrons. The molecular formula is C28H36O. The Morgan fingerprint density at radius 1 is 0.690 bits per heavy atom. The number of rotatable bonds is 14. The molecule has 0 unspecified atom stereocenters. The lowest BCUT2D eigenvalue weighted by Gasteiger charge is -2.06. The first-order chi connectivity index (χ1) is 14.3. The van der Waals surface area contributed by atoms with E-state index in [4.69, 9.17) is 11.2 Å². The van der Waals surface area contributed by atoms with Crippen LogP contribution < -0.4 is 4.74 Å². The fraction of sp³-hybridized carbons (Fsp3) is 0.429. The van der Waals surface area contributed by atoms with Crippen LogP contribution in [-0.4, -0.2) is 6.61 Å². The Kier molecular flexibility index (Phi) is 11.4. The molecule has 2 aromatic carbocycles. The Morgan fingerprint density at radius 2 is 1.17 bits per heavy atom. The van der Waals surface area contributed by atoms with Gasteiger partial charge in [0.25, 0.3) is 0 Å². The van der Waals surface area contributed by atoms with Crippen molar-refractivity contribution >= 4 is 12.2 Å². The zero-order valence-corrected chi connectivity index (χ0v) is 18.0. The van der Waals surface area contributed by atoms with E-state index in [1.807, 2.05) is 24.3 Å². The van der Waals surface area contributed by atoms with Crippen molar-refractivity contribution in [1.82, 2.24) is 0 Å². The van der Waals surface area contributed by atoms with Gasteiger partial charge in [0.15, 0.2) is 0 Å². The smallest absolute Gasteiger partial charge is 0.119 e. The molecular weight excluding hydrogens is 352 g/mol. The van der Waals surface area contributed by atoms with Gasteiger partial charge in [0.2, 0.25) is 0 Å². The lowest BCUT2D eigenvalue weighted by atomic mass is 10.1.